The maximum atomic E-state index is 14.1. The van der Waals surface area contributed by atoms with Crippen LogP contribution in [0, 0.1) is 0 Å². The van der Waals surface area contributed by atoms with E-state index in [9.17, 15) is 35.1 Å². The number of ether oxygens (including phenoxy) is 1. The second-order valence-corrected chi connectivity index (χ2v) is 12.0. The van der Waals surface area contributed by atoms with Crippen LogP contribution in [0.2, 0.25) is 19.6 Å². The van der Waals surface area contributed by atoms with Crippen LogP contribution in [0.3, 0.4) is 0 Å². The Hall–Kier alpha value is -0.493. The zero-order valence-corrected chi connectivity index (χ0v) is 15.6. The van der Waals surface area contributed by atoms with Crippen molar-refractivity contribution in [2.75, 3.05) is 12.9 Å². The molecule has 0 aliphatic carbocycles. The highest BCUT2D eigenvalue weighted by molar-refractivity contribution is 8.00. The second kappa shape index (κ2) is 7.26. The molecule has 0 fully saturated rings. The molecule has 0 spiro atoms. The molecule has 0 N–H and O–H groups in total. The maximum Gasteiger partial charge on any atom is 0.379 e. The molecule has 2 unspecified atom stereocenters. The van der Waals surface area contributed by atoms with E-state index < -0.39 is 43.9 Å². The van der Waals surface area contributed by atoms with E-state index >= 15 is 0 Å². The lowest BCUT2D eigenvalue weighted by molar-refractivity contribution is -0.340. The number of halogens is 8. The Morgan fingerprint density at radius 3 is 2.04 bits per heavy atom. The molecule has 0 radical (unpaired) electrons. The molecule has 25 heavy (non-hydrogen) atoms. The quantitative estimate of drug-likeness (QED) is 0.427. The topological polar surface area (TPSA) is 18.5 Å². The first-order chi connectivity index (χ1) is 11.1. The van der Waals surface area contributed by atoms with Crippen LogP contribution in [0.25, 0.3) is 0 Å². The van der Waals surface area contributed by atoms with E-state index in [1.165, 1.54) is 0 Å². The molecule has 0 aromatic heterocycles. The van der Waals surface area contributed by atoms with E-state index in [4.69, 9.17) is 9.16 Å². The van der Waals surface area contributed by atoms with Gasteiger partial charge in [0, 0.05) is 12.9 Å². The summed E-state index contributed by atoms with van der Waals surface area (Å²) in [7, 11) is -1.21. The third kappa shape index (κ3) is 4.44. The average molecular weight is 418 g/mol. The summed E-state index contributed by atoms with van der Waals surface area (Å²) in [6, 6.07) is 0. The van der Waals surface area contributed by atoms with Crippen molar-refractivity contribution in [3.63, 3.8) is 0 Å². The smallest absolute Gasteiger partial charge is 0.379 e. The van der Waals surface area contributed by atoms with E-state index in [2.05, 4.69) is 0 Å². The van der Waals surface area contributed by atoms with Gasteiger partial charge in [-0.3, -0.25) is 0 Å². The summed E-state index contributed by atoms with van der Waals surface area (Å²) in [5.74, 6) is -18.0. The third-order valence-electron chi connectivity index (χ3n) is 3.23. The molecular weight excluding hydrogens is 400 g/mol. The molecule has 2 atom stereocenters. The van der Waals surface area contributed by atoms with Crippen molar-refractivity contribution >= 4 is 20.1 Å². The van der Waals surface area contributed by atoms with E-state index in [0.717, 1.165) is 13.2 Å². The van der Waals surface area contributed by atoms with Crippen molar-refractivity contribution in [3.05, 3.63) is 11.8 Å². The van der Waals surface area contributed by atoms with Gasteiger partial charge in [0.2, 0.25) is 8.32 Å². The van der Waals surface area contributed by atoms with Crippen molar-refractivity contribution < 1.29 is 44.3 Å². The largest absolute Gasteiger partial charge is 0.547 e. The van der Waals surface area contributed by atoms with Crippen LogP contribution in [-0.2, 0) is 9.16 Å². The summed E-state index contributed by atoms with van der Waals surface area (Å²) in [6.45, 7) is 5.37. The lowest BCUT2D eigenvalue weighted by atomic mass is 9.97. The lowest BCUT2D eigenvalue weighted by Gasteiger charge is -2.40. The van der Waals surface area contributed by atoms with Crippen LogP contribution in [0.5, 0.6) is 0 Å². The van der Waals surface area contributed by atoms with Crippen LogP contribution < -0.4 is 0 Å². The van der Waals surface area contributed by atoms with Crippen LogP contribution in [0.15, 0.2) is 11.8 Å². The van der Waals surface area contributed by atoms with Crippen LogP contribution >= 0.6 is 11.8 Å². The normalized spacial score (nSPS) is 23.6. The number of hydrogen-bond acceptors (Lipinski definition) is 3. The van der Waals surface area contributed by atoms with Crippen LogP contribution in [0.1, 0.15) is 0 Å². The Morgan fingerprint density at radius 2 is 1.64 bits per heavy atom. The van der Waals surface area contributed by atoms with Gasteiger partial charge in [0.25, 0.3) is 0 Å². The Kier molecular flexibility index (Phi) is 6.55. The minimum absolute atomic E-state index is 0.201. The number of hydrogen-bond donors (Lipinski definition) is 0. The zero-order chi connectivity index (χ0) is 19.8. The summed E-state index contributed by atoms with van der Waals surface area (Å²) in [5, 5.41) is -2.48. The van der Waals surface area contributed by atoms with E-state index in [1.807, 2.05) is 0 Å². The van der Waals surface area contributed by atoms with Gasteiger partial charge in [0.1, 0.15) is 5.25 Å². The zero-order valence-electron chi connectivity index (χ0n) is 13.8. The molecule has 2 nitrogen and oxygen atoms in total. The molecule has 12 heteroatoms. The summed E-state index contributed by atoms with van der Waals surface area (Å²) < 4.78 is 116. The van der Waals surface area contributed by atoms with E-state index in [1.54, 1.807) is 19.6 Å². The minimum Gasteiger partial charge on any atom is -0.547 e. The van der Waals surface area contributed by atoms with Gasteiger partial charge in [-0.15, -0.1) is 11.8 Å². The fourth-order valence-electron chi connectivity index (χ4n) is 2.08. The SMILES string of the molecule is COC1C=C(O[Si](C)(C)C)CSC1C(F)(F)C(F)(F)C(F)(F)C(F)F. The molecule has 0 bridgehead atoms. The van der Waals surface area contributed by atoms with Crippen molar-refractivity contribution in [3.8, 4) is 0 Å². The van der Waals surface area contributed by atoms with Crippen molar-refractivity contribution in [1.29, 1.82) is 0 Å². The van der Waals surface area contributed by atoms with Gasteiger partial charge in [-0.2, -0.15) is 26.3 Å². The molecule has 148 valence electrons. The predicted octanol–water partition coefficient (Wildman–Crippen LogP) is 5.02. The molecule has 0 saturated carbocycles. The molecule has 1 aliphatic heterocycles. The first-order valence-electron chi connectivity index (χ1n) is 7.03. The van der Waals surface area contributed by atoms with Crippen molar-refractivity contribution in [2.45, 2.75) is 55.2 Å². The molecule has 0 saturated heterocycles. The van der Waals surface area contributed by atoms with Gasteiger partial charge in [-0.25, -0.2) is 8.78 Å². The first-order valence-corrected chi connectivity index (χ1v) is 11.5. The van der Waals surface area contributed by atoms with Gasteiger partial charge < -0.3 is 9.16 Å². The standard InChI is InChI=1S/C13H18F8O2SSi/c1-22-8-5-7(23-25(2,3)4)6-24-9(8)11(16,17)13(20,21)12(18,19)10(14)15/h5,8-10H,6H2,1-4H3. The number of rotatable bonds is 7. The summed E-state index contributed by atoms with van der Waals surface area (Å²) in [4.78, 5) is 0. The van der Waals surface area contributed by atoms with Crippen molar-refractivity contribution in [2.24, 2.45) is 0 Å². The van der Waals surface area contributed by atoms with Gasteiger partial charge in [0.15, 0.2) is 0 Å². The Labute approximate surface area is 145 Å². The lowest BCUT2D eigenvalue weighted by Crippen LogP contribution is -2.63. The van der Waals surface area contributed by atoms with Crippen LogP contribution in [-0.4, -0.2) is 56.7 Å². The minimum atomic E-state index is -6.26. The highest BCUT2D eigenvalue weighted by Gasteiger charge is 2.78. The summed E-state index contributed by atoms with van der Waals surface area (Å²) in [5.41, 5.74) is 0. The number of methoxy groups -OCH3 is 1. The average Bonchev–Trinajstić information content (AvgIpc) is 2.44. The second-order valence-electron chi connectivity index (χ2n) is 6.40. The fraction of sp³-hybridized carbons (Fsp3) is 0.846. The third-order valence-corrected chi connectivity index (χ3v) is 5.48. The monoisotopic (exact) mass is 418 g/mol. The van der Waals surface area contributed by atoms with Gasteiger partial charge in [-0.05, 0) is 25.7 Å². The number of alkyl halides is 8. The summed E-state index contributed by atoms with van der Waals surface area (Å²) >= 11 is 0.202. The fourth-order valence-corrected chi connectivity index (χ4v) is 4.35. The molecule has 0 aromatic carbocycles. The highest BCUT2D eigenvalue weighted by atomic mass is 32.2. The Morgan fingerprint density at radius 1 is 1.12 bits per heavy atom. The summed E-state index contributed by atoms with van der Waals surface area (Å²) in [6.07, 6.45) is -5.65. The molecule has 1 heterocycles. The Balaban J connectivity index is 3.18. The van der Waals surface area contributed by atoms with Gasteiger partial charge in [0.05, 0.1) is 11.9 Å². The van der Waals surface area contributed by atoms with Crippen LogP contribution in [0.4, 0.5) is 35.1 Å². The highest BCUT2D eigenvalue weighted by Crippen LogP contribution is 2.54. The van der Waals surface area contributed by atoms with Gasteiger partial charge in [-0.1, -0.05) is 0 Å². The number of thioether (sulfide) groups is 1. The molecule has 0 aromatic rings. The Bertz CT molecular complexity index is 507. The molecule has 1 rings (SSSR count). The maximum absolute atomic E-state index is 14.1. The van der Waals surface area contributed by atoms with E-state index in [0.29, 0.717) is 0 Å². The van der Waals surface area contributed by atoms with E-state index in [-0.39, 0.29) is 23.3 Å². The molecule has 0 amide bonds. The predicted molar refractivity (Wildman–Crippen MR) is 80.4 cm³/mol. The first kappa shape index (κ1) is 22.5. The van der Waals surface area contributed by atoms with Gasteiger partial charge >= 0.3 is 24.2 Å². The molecular formula is C13H18F8O2SSi. The van der Waals surface area contributed by atoms with Crippen molar-refractivity contribution in [1.82, 2.24) is 0 Å². The molecule has 1 aliphatic rings.